The molecule has 0 aliphatic heterocycles. The first kappa shape index (κ1) is 24.3. The maximum absolute atomic E-state index is 12.7. The molecular formula is C17H28N4O6. The molecule has 0 heterocycles. The van der Waals surface area contributed by atoms with Crippen LogP contribution in [0.5, 0.6) is 0 Å². The minimum Gasteiger partial charge on any atom is -0.467 e. The van der Waals surface area contributed by atoms with Crippen LogP contribution in [-0.2, 0) is 28.7 Å². The minimum atomic E-state index is -1.15. The second-order valence-corrected chi connectivity index (χ2v) is 6.17. The molecule has 0 rings (SSSR count). The van der Waals surface area contributed by atoms with Crippen molar-refractivity contribution in [3.63, 3.8) is 0 Å². The number of nitrogens with one attached hydrogen (secondary N) is 2. The second-order valence-electron chi connectivity index (χ2n) is 6.17. The van der Waals surface area contributed by atoms with Gasteiger partial charge in [-0.15, -0.1) is 0 Å². The van der Waals surface area contributed by atoms with Gasteiger partial charge in [-0.25, -0.2) is 9.59 Å². The van der Waals surface area contributed by atoms with Gasteiger partial charge in [-0.1, -0.05) is 40.5 Å². The van der Waals surface area contributed by atoms with Crippen LogP contribution in [0, 0.1) is 11.8 Å². The molecule has 0 aliphatic rings. The van der Waals surface area contributed by atoms with E-state index in [1.165, 1.54) is 7.11 Å². The van der Waals surface area contributed by atoms with Crippen LogP contribution in [0.4, 0.5) is 0 Å². The normalized spacial score (nSPS) is 14.6. The summed E-state index contributed by atoms with van der Waals surface area (Å²) in [5.41, 5.74) is 7.98. The van der Waals surface area contributed by atoms with Crippen LogP contribution in [-0.4, -0.2) is 60.6 Å². The van der Waals surface area contributed by atoms with E-state index >= 15 is 0 Å². The third-order valence-corrected chi connectivity index (χ3v) is 4.44. The van der Waals surface area contributed by atoms with E-state index in [1.54, 1.807) is 13.8 Å². The van der Waals surface area contributed by atoms with Gasteiger partial charge >= 0.3 is 23.6 Å². The third kappa shape index (κ3) is 6.82. The van der Waals surface area contributed by atoms with Crippen molar-refractivity contribution in [2.75, 3.05) is 14.2 Å². The molecule has 2 N–H and O–H groups in total. The smallest absolute Gasteiger partial charge is 0.462 e. The van der Waals surface area contributed by atoms with Gasteiger partial charge in [0.05, 0.1) is 14.2 Å². The summed E-state index contributed by atoms with van der Waals surface area (Å²) < 4.78 is 9.09. The minimum absolute atomic E-state index is 0.195. The van der Waals surface area contributed by atoms with Crippen LogP contribution < -0.4 is 10.6 Å². The highest BCUT2D eigenvalue weighted by atomic mass is 16.5. The predicted octanol–water partition coefficient (Wildman–Crippen LogP) is 0.0650. The fourth-order valence-corrected chi connectivity index (χ4v) is 2.23. The van der Waals surface area contributed by atoms with E-state index in [4.69, 9.17) is 10.3 Å². The fraction of sp³-hybridized carbons (Fsp3) is 0.706. The number of hydrogen-bond donors (Lipinski definition) is 2. The quantitative estimate of drug-likeness (QED) is 0.179. The van der Waals surface area contributed by atoms with E-state index in [-0.39, 0.29) is 11.8 Å². The number of ether oxygens (including phenoxy) is 2. The maximum Gasteiger partial charge on any atom is 0.462 e. The van der Waals surface area contributed by atoms with Crippen LogP contribution in [0.3, 0.4) is 0 Å². The molecule has 0 fully saturated rings. The molecule has 0 saturated heterocycles. The van der Waals surface area contributed by atoms with Gasteiger partial charge in [0.15, 0.2) is 0 Å². The second kappa shape index (κ2) is 11.8. The van der Waals surface area contributed by atoms with E-state index in [2.05, 4.69) is 20.2 Å². The molecule has 4 unspecified atom stereocenters. The molecule has 0 spiro atoms. The van der Waals surface area contributed by atoms with Crippen molar-refractivity contribution >= 4 is 29.5 Å². The summed E-state index contributed by atoms with van der Waals surface area (Å²) in [5, 5.41) is 4.95. The molecule has 0 aromatic carbocycles. The summed E-state index contributed by atoms with van der Waals surface area (Å²) in [6.45, 7) is 7.17. The number of amides is 2. The van der Waals surface area contributed by atoms with Crippen molar-refractivity contribution in [2.45, 2.75) is 52.6 Å². The largest absolute Gasteiger partial charge is 0.467 e. The Bertz CT molecular complexity index is 615. The van der Waals surface area contributed by atoms with Gasteiger partial charge < -0.3 is 25.6 Å². The van der Waals surface area contributed by atoms with Gasteiger partial charge in [0, 0.05) is 0 Å². The zero-order chi connectivity index (χ0) is 21.1. The standard InChI is InChI=1S/C17H28N4O6/c1-7-9(3)11(19-15(23)13(21-18)17(25)27-6)14(22)20-12(10(4)8-2)16(24)26-5/h9-12H,7-8H2,1-6H3,(H,19,23)(H,20,22). The average molecular weight is 384 g/mol. The molecule has 0 aliphatic carbocycles. The molecule has 10 nitrogen and oxygen atoms in total. The van der Waals surface area contributed by atoms with Gasteiger partial charge in [0.1, 0.15) is 12.1 Å². The lowest BCUT2D eigenvalue weighted by Crippen LogP contribution is -2.57. The van der Waals surface area contributed by atoms with Crippen molar-refractivity contribution in [3.8, 4) is 0 Å². The number of nitrogens with zero attached hydrogens (tertiary/aromatic N) is 2. The van der Waals surface area contributed by atoms with E-state index in [0.717, 1.165) is 7.11 Å². The first-order valence-corrected chi connectivity index (χ1v) is 8.67. The maximum atomic E-state index is 12.7. The van der Waals surface area contributed by atoms with Gasteiger partial charge in [0.2, 0.25) is 5.91 Å². The fourth-order valence-electron chi connectivity index (χ4n) is 2.23. The van der Waals surface area contributed by atoms with Crippen molar-refractivity contribution in [1.82, 2.24) is 10.6 Å². The molecule has 0 radical (unpaired) electrons. The van der Waals surface area contributed by atoms with Crippen molar-refractivity contribution in [2.24, 2.45) is 11.8 Å². The lowest BCUT2D eigenvalue weighted by atomic mass is 9.95. The molecule has 4 atom stereocenters. The molecule has 0 aromatic heterocycles. The molecule has 2 amide bonds. The first-order chi connectivity index (χ1) is 12.7. The number of hydrogen-bond acceptors (Lipinski definition) is 6. The van der Waals surface area contributed by atoms with Crippen LogP contribution in [0.2, 0.25) is 0 Å². The predicted molar refractivity (Wildman–Crippen MR) is 95.4 cm³/mol. The molecule has 0 bridgehead atoms. The summed E-state index contributed by atoms with van der Waals surface area (Å²) in [5.74, 6) is -3.95. The summed E-state index contributed by atoms with van der Waals surface area (Å²) >= 11 is 0. The van der Waals surface area contributed by atoms with Crippen molar-refractivity contribution in [1.29, 1.82) is 0 Å². The molecular weight excluding hydrogens is 356 g/mol. The molecule has 27 heavy (non-hydrogen) atoms. The number of carbonyl (C=O) groups excluding carboxylic acids is 4. The first-order valence-electron chi connectivity index (χ1n) is 8.67. The van der Waals surface area contributed by atoms with Crippen LogP contribution in [0.15, 0.2) is 0 Å². The molecule has 10 heteroatoms. The average Bonchev–Trinajstić information content (AvgIpc) is 2.68. The Morgan fingerprint density at radius 1 is 0.926 bits per heavy atom. The zero-order valence-corrected chi connectivity index (χ0v) is 16.6. The molecule has 0 aromatic rings. The van der Waals surface area contributed by atoms with Crippen LogP contribution in [0.1, 0.15) is 40.5 Å². The van der Waals surface area contributed by atoms with E-state index < -0.39 is 41.5 Å². The lowest BCUT2D eigenvalue weighted by molar-refractivity contribution is -0.147. The highest BCUT2D eigenvalue weighted by molar-refractivity contribution is 6.61. The topological polar surface area (TPSA) is 147 Å². The van der Waals surface area contributed by atoms with Crippen LogP contribution in [0.25, 0.3) is 5.53 Å². The summed E-state index contributed by atoms with van der Waals surface area (Å²) in [7, 11) is 2.24. The van der Waals surface area contributed by atoms with Crippen molar-refractivity contribution < 1.29 is 33.4 Å². The molecule has 0 saturated carbocycles. The Kier molecular flexibility index (Phi) is 10.6. The third-order valence-electron chi connectivity index (χ3n) is 4.44. The summed E-state index contributed by atoms with van der Waals surface area (Å²) in [4.78, 5) is 51.0. The van der Waals surface area contributed by atoms with Gasteiger partial charge in [-0.3, -0.25) is 9.59 Å². The zero-order valence-electron chi connectivity index (χ0n) is 16.6. The Labute approximate surface area is 158 Å². The Balaban J connectivity index is 5.53. The van der Waals surface area contributed by atoms with E-state index in [0.29, 0.717) is 12.8 Å². The number of methoxy groups -OCH3 is 2. The highest BCUT2D eigenvalue weighted by Gasteiger charge is 2.37. The Morgan fingerprint density at radius 2 is 1.44 bits per heavy atom. The van der Waals surface area contributed by atoms with Crippen molar-refractivity contribution in [3.05, 3.63) is 5.53 Å². The SMILES string of the molecule is CCC(C)C(NC(=O)C(=[N+]=[N-])C(=O)OC)C(=O)NC(C(=O)OC)C(C)CC. The number of esters is 2. The number of rotatable bonds is 10. The number of carbonyl (C=O) groups is 4. The highest BCUT2D eigenvalue weighted by Crippen LogP contribution is 2.13. The monoisotopic (exact) mass is 384 g/mol. The summed E-state index contributed by atoms with van der Waals surface area (Å²) in [6.07, 6.45) is 1.14. The van der Waals surface area contributed by atoms with Gasteiger partial charge in [0.25, 0.3) is 0 Å². The lowest BCUT2D eigenvalue weighted by Gasteiger charge is -2.27. The van der Waals surface area contributed by atoms with E-state index in [9.17, 15) is 19.2 Å². The summed E-state index contributed by atoms with van der Waals surface area (Å²) in [6, 6.07) is -1.96. The van der Waals surface area contributed by atoms with Gasteiger partial charge in [-0.05, 0) is 11.8 Å². The molecule has 152 valence electrons. The van der Waals surface area contributed by atoms with Crippen LogP contribution >= 0.6 is 0 Å². The van der Waals surface area contributed by atoms with Gasteiger partial charge in [-0.2, -0.15) is 4.79 Å². The Hall–Kier alpha value is -2.74. The Morgan fingerprint density at radius 3 is 1.85 bits per heavy atom. The van der Waals surface area contributed by atoms with E-state index in [1.807, 2.05) is 13.8 Å².